The van der Waals surface area contributed by atoms with Gasteiger partial charge in [-0.15, -0.1) is 0 Å². The number of aromatic carboxylic acids is 1. The summed E-state index contributed by atoms with van der Waals surface area (Å²) in [6, 6.07) is 1.40. The Kier molecular flexibility index (Phi) is 2.90. The van der Waals surface area contributed by atoms with Crippen LogP contribution in [0.1, 0.15) is 22.7 Å². The molecule has 17 heavy (non-hydrogen) atoms. The third kappa shape index (κ3) is 2.32. The van der Waals surface area contributed by atoms with Crippen LogP contribution < -0.4 is 0 Å². The predicted octanol–water partition coefficient (Wildman–Crippen LogP) is 1.83. The molecule has 7 heteroatoms. The van der Waals surface area contributed by atoms with Crippen molar-refractivity contribution in [3.8, 4) is 0 Å². The summed E-state index contributed by atoms with van der Waals surface area (Å²) in [4.78, 5) is 14.4. The van der Waals surface area contributed by atoms with Crippen molar-refractivity contribution in [2.24, 2.45) is 0 Å². The molecular weight excluding hydrogens is 232 g/mol. The van der Waals surface area contributed by atoms with E-state index in [4.69, 9.17) is 5.11 Å². The van der Waals surface area contributed by atoms with Gasteiger partial charge in [0, 0.05) is 24.8 Å². The largest absolute Gasteiger partial charge is 0.478 e. The third-order valence-corrected chi connectivity index (χ3v) is 2.28. The van der Waals surface area contributed by atoms with Gasteiger partial charge in [-0.1, -0.05) is 0 Å². The highest BCUT2D eigenvalue weighted by Gasteiger charge is 2.12. The Morgan fingerprint density at radius 2 is 2.24 bits per heavy atom. The number of nitrogens with zero attached hydrogens (tertiary/aromatic N) is 3. The van der Waals surface area contributed by atoms with Crippen LogP contribution >= 0.6 is 0 Å². The number of rotatable bonds is 4. The van der Waals surface area contributed by atoms with Gasteiger partial charge in [-0.25, -0.2) is 9.78 Å². The molecule has 0 unspecified atom stereocenters. The highest BCUT2D eigenvalue weighted by atomic mass is 19.3. The molecule has 0 aromatic carbocycles. The fourth-order valence-corrected chi connectivity index (χ4v) is 1.47. The molecule has 90 valence electrons. The predicted molar refractivity (Wildman–Crippen MR) is 54.0 cm³/mol. The molecule has 0 bridgehead atoms. The summed E-state index contributed by atoms with van der Waals surface area (Å²) in [6.07, 6.45) is 5.34. The summed E-state index contributed by atoms with van der Waals surface area (Å²) in [6.45, 7) is -2.55. The molecule has 2 aromatic rings. The van der Waals surface area contributed by atoms with Crippen LogP contribution in [0.4, 0.5) is 8.78 Å². The molecule has 2 heterocycles. The maximum absolute atomic E-state index is 12.5. The van der Waals surface area contributed by atoms with Crippen LogP contribution in [0.2, 0.25) is 0 Å². The first-order chi connectivity index (χ1) is 8.08. The first-order valence-electron chi connectivity index (χ1n) is 4.77. The maximum Gasteiger partial charge on any atom is 0.337 e. The Morgan fingerprint density at radius 3 is 2.82 bits per heavy atom. The standard InChI is InChI=1S/C10H9F2N3O2/c11-10(12)15-4-2-13-8(15)6-14-3-1-7(5-14)9(16)17/h1-5,10H,6H2,(H,16,17). The van der Waals surface area contributed by atoms with Crippen LogP contribution in [0.25, 0.3) is 0 Å². The van der Waals surface area contributed by atoms with E-state index in [1.807, 2.05) is 0 Å². The van der Waals surface area contributed by atoms with E-state index in [0.29, 0.717) is 0 Å². The normalized spacial score (nSPS) is 11.0. The number of carboxylic acid groups (broad SMARTS) is 1. The van der Waals surface area contributed by atoms with Gasteiger partial charge in [-0.3, -0.25) is 4.57 Å². The molecule has 0 radical (unpaired) electrons. The number of aromatic nitrogens is 3. The van der Waals surface area contributed by atoms with Crippen LogP contribution in [0.15, 0.2) is 30.9 Å². The van der Waals surface area contributed by atoms with Gasteiger partial charge in [0.05, 0.1) is 12.1 Å². The van der Waals surface area contributed by atoms with Gasteiger partial charge in [-0.2, -0.15) is 8.78 Å². The molecule has 0 aliphatic carbocycles. The fourth-order valence-electron chi connectivity index (χ4n) is 1.47. The van der Waals surface area contributed by atoms with Crippen molar-refractivity contribution in [3.05, 3.63) is 42.2 Å². The first-order valence-corrected chi connectivity index (χ1v) is 4.77. The number of alkyl halides is 2. The molecule has 5 nitrogen and oxygen atoms in total. The minimum absolute atomic E-state index is 0.102. The minimum Gasteiger partial charge on any atom is -0.478 e. The van der Waals surface area contributed by atoms with Gasteiger partial charge in [0.25, 0.3) is 0 Å². The number of carboxylic acids is 1. The molecule has 0 spiro atoms. The number of carbonyl (C=O) groups is 1. The lowest BCUT2D eigenvalue weighted by atomic mass is 10.4. The van der Waals surface area contributed by atoms with Crippen LogP contribution in [-0.2, 0) is 6.54 Å². The van der Waals surface area contributed by atoms with Crippen molar-refractivity contribution < 1.29 is 18.7 Å². The molecule has 0 aliphatic heterocycles. The molecule has 0 amide bonds. The van der Waals surface area contributed by atoms with Gasteiger partial charge in [0.1, 0.15) is 5.82 Å². The molecule has 0 fully saturated rings. The number of imidazole rings is 1. The molecule has 1 N–H and O–H groups in total. The number of hydrogen-bond donors (Lipinski definition) is 1. The maximum atomic E-state index is 12.5. The van der Waals surface area contributed by atoms with E-state index in [-0.39, 0.29) is 17.9 Å². The minimum atomic E-state index is -2.65. The zero-order valence-corrected chi connectivity index (χ0v) is 8.62. The summed E-state index contributed by atoms with van der Waals surface area (Å²) >= 11 is 0. The number of hydrogen-bond acceptors (Lipinski definition) is 2. The Labute approximate surface area is 94.9 Å². The Balaban J connectivity index is 2.19. The molecule has 0 atom stereocenters. The zero-order chi connectivity index (χ0) is 12.4. The van der Waals surface area contributed by atoms with E-state index >= 15 is 0 Å². The quantitative estimate of drug-likeness (QED) is 0.888. The molecule has 2 rings (SSSR count). The summed E-state index contributed by atoms with van der Waals surface area (Å²) in [5.74, 6) is -0.881. The highest BCUT2D eigenvalue weighted by Crippen LogP contribution is 2.13. The Bertz CT molecular complexity index is 533. The summed E-state index contributed by atoms with van der Waals surface area (Å²) in [7, 11) is 0. The van der Waals surface area contributed by atoms with Crippen LogP contribution in [0, 0.1) is 0 Å². The van der Waals surface area contributed by atoms with Crippen molar-refractivity contribution in [2.75, 3.05) is 0 Å². The lowest BCUT2D eigenvalue weighted by Gasteiger charge is -2.06. The average Bonchev–Trinajstić information content (AvgIpc) is 2.86. The SMILES string of the molecule is O=C(O)c1ccn(Cc2nccn2C(F)F)c1. The second-order valence-corrected chi connectivity index (χ2v) is 3.41. The van der Waals surface area contributed by atoms with E-state index in [1.165, 1.54) is 35.4 Å². The van der Waals surface area contributed by atoms with Crippen molar-refractivity contribution in [2.45, 2.75) is 13.1 Å². The van der Waals surface area contributed by atoms with Gasteiger partial charge in [0.15, 0.2) is 0 Å². The molecule has 2 aromatic heterocycles. The van der Waals surface area contributed by atoms with Gasteiger partial charge in [0.2, 0.25) is 0 Å². The van der Waals surface area contributed by atoms with Crippen molar-refractivity contribution in [1.82, 2.24) is 14.1 Å². The summed E-state index contributed by atoms with van der Waals surface area (Å²) in [5, 5.41) is 8.71. The Morgan fingerprint density at radius 1 is 1.47 bits per heavy atom. The van der Waals surface area contributed by atoms with Gasteiger partial charge >= 0.3 is 12.5 Å². The van der Waals surface area contributed by atoms with Crippen molar-refractivity contribution in [1.29, 1.82) is 0 Å². The van der Waals surface area contributed by atoms with Crippen molar-refractivity contribution in [3.63, 3.8) is 0 Å². The highest BCUT2D eigenvalue weighted by molar-refractivity contribution is 5.87. The van der Waals surface area contributed by atoms with E-state index in [2.05, 4.69) is 4.98 Å². The van der Waals surface area contributed by atoms with E-state index < -0.39 is 12.5 Å². The Hall–Kier alpha value is -2.18. The van der Waals surface area contributed by atoms with Crippen LogP contribution in [0.5, 0.6) is 0 Å². The molecule has 0 saturated heterocycles. The second-order valence-electron chi connectivity index (χ2n) is 3.41. The van der Waals surface area contributed by atoms with Gasteiger partial charge in [-0.05, 0) is 6.07 Å². The topological polar surface area (TPSA) is 60.0 Å². The van der Waals surface area contributed by atoms with Gasteiger partial charge < -0.3 is 9.67 Å². The average molecular weight is 241 g/mol. The van der Waals surface area contributed by atoms with E-state index in [1.54, 1.807) is 0 Å². The smallest absolute Gasteiger partial charge is 0.337 e. The van der Waals surface area contributed by atoms with Crippen molar-refractivity contribution >= 4 is 5.97 Å². The molecule has 0 saturated carbocycles. The van der Waals surface area contributed by atoms with E-state index in [9.17, 15) is 13.6 Å². The zero-order valence-electron chi connectivity index (χ0n) is 8.62. The van der Waals surface area contributed by atoms with Crippen LogP contribution in [-0.4, -0.2) is 25.2 Å². The summed E-state index contributed by atoms with van der Waals surface area (Å²) < 4.78 is 27.3. The summed E-state index contributed by atoms with van der Waals surface area (Å²) in [5.41, 5.74) is 0.111. The molecule has 0 aliphatic rings. The lowest BCUT2D eigenvalue weighted by molar-refractivity contribution is 0.0663. The number of halogens is 2. The fraction of sp³-hybridized carbons (Fsp3) is 0.200. The molecular formula is C10H9F2N3O2. The van der Waals surface area contributed by atoms with Crippen LogP contribution in [0.3, 0.4) is 0 Å². The monoisotopic (exact) mass is 241 g/mol. The first kappa shape index (κ1) is 11.3. The van der Waals surface area contributed by atoms with E-state index in [0.717, 1.165) is 4.57 Å². The lowest BCUT2D eigenvalue weighted by Crippen LogP contribution is -2.08. The second kappa shape index (κ2) is 4.36. The third-order valence-electron chi connectivity index (χ3n) is 2.28.